The topological polar surface area (TPSA) is 95.0 Å². The van der Waals surface area contributed by atoms with E-state index in [0.29, 0.717) is 28.3 Å². The highest BCUT2D eigenvalue weighted by atomic mass is 19.2. The van der Waals surface area contributed by atoms with Crippen LogP contribution in [-0.4, -0.2) is 63.2 Å². The van der Waals surface area contributed by atoms with Crippen LogP contribution >= 0.6 is 0 Å². The molecular formula is C22H20B2FN3O5. The van der Waals surface area contributed by atoms with E-state index in [2.05, 4.69) is 15.3 Å². The third-order valence-electron chi connectivity index (χ3n) is 5.79. The Balaban J connectivity index is 1.41. The number of benzene rings is 1. The van der Waals surface area contributed by atoms with Gasteiger partial charge >= 0.3 is 6.04 Å². The standard InChI is InChI=1S/C22H20B2FN3O5/c1-20(25)32-14-4-3-12(7-16(14)33-20)18-15(30-2)5-6-17(28-18)22(23,24)13-8-26-19(27-9-13)21(29)10-31-11-21/h3-9,17,28-29H,10-11H2,1-2H3. The number of ether oxygens (including phenoxy) is 4. The highest BCUT2D eigenvalue weighted by Gasteiger charge is 2.42. The second kappa shape index (κ2) is 7.50. The lowest BCUT2D eigenvalue weighted by atomic mass is 9.47. The van der Waals surface area contributed by atoms with E-state index in [-0.39, 0.29) is 24.8 Å². The Hall–Kier alpha value is -3.04. The highest BCUT2D eigenvalue weighted by Crippen LogP contribution is 2.42. The average molecular weight is 447 g/mol. The number of hydrogen-bond acceptors (Lipinski definition) is 8. The van der Waals surface area contributed by atoms with Gasteiger partial charge < -0.3 is 29.4 Å². The van der Waals surface area contributed by atoms with E-state index in [1.165, 1.54) is 26.4 Å². The molecule has 2 N–H and O–H groups in total. The number of nitrogens with zero attached hydrogens (tertiary/aromatic N) is 2. The quantitative estimate of drug-likeness (QED) is 0.660. The third-order valence-corrected chi connectivity index (χ3v) is 5.79. The smallest absolute Gasteiger partial charge is 0.404 e. The molecule has 2 aromatic rings. The molecule has 0 spiro atoms. The van der Waals surface area contributed by atoms with Gasteiger partial charge in [-0.15, -0.1) is 0 Å². The molecule has 1 saturated heterocycles. The third kappa shape index (κ3) is 3.75. The van der Waals surface area contributed by atoms with Crippen molar-refractivity contribution >= 4 is 21.4 Å². The Morgan fingerprint density at radius 1 is 1.21 bits per heavy atom. The minimum absolute atomic E-state index is 0.140. The Bertz CT molecular complexity index is 1150. The molecule has 3 aliphatic rings. The summed E-state index contributed by atoms with van der Waals surface area (Å²) in [6.07, 6.45) is 6.51. The number of dihydropyridines is 1. The van der Waals surface area contributed by atoms with Crippen LogP contribution in [0.15, 0.2) is 48.5 Å². The van der Waals surface area contributed by atoms with E-state index in [4.69, 9.17) is 34.6 Å². The number of methoxy groups -OCH3 is 1. The lowest BCUT2D eigenvalue weighted by Gasteiger charge is -2.38. The van der Waals surface area contributed by atoms with Crippen LogP contribution in [0.1, 0.15) is 23.9 Å². The van der Waals surface area contributed by atoms with Gasteiger partial charge in [0, 0.05) is 30.9 Å². The molecule has 33 heavy (non-hydrogen) atoms. The van der Waals surface area contributed by atoms with E-state index < -0.39 is 22.9 Å². The predicted octanol–water partition coefficient (Wildman–Crippen LogP) is 1.14. The normalized spacial score (nSPS) is 25.4. The lowest BCUT2D eigenvalue weighted by molar-refractivity contribution is -0.189. The maximum Gasteiger partial charge on any atom is 0.404 e. The first-order chi connectivity index (χ1) is 15.6. The number of allylic oxidation sites excluding steroid dienone is 1. The first-order valence-electron chi connectivity index (χ1n) is 10.3. The molecule has 4 radical (unpaired) electrons. The van der Waals surface area contributed by atoms with Gasteiger partial charge in [-0.25, -0.2) is 9.97 Å². The van der Waals surface area contributed by atoms with E-state index in [9.17, 15) is 9.50 Å². The van der Waals surface area contributed by atoms with Crippen molar-refractivity contribution in [3.8, 4) is 11.5 Å². The van der Waals surface area contributed by atoms with Crippen LogP contribution in [0.4, 0.5) is 4.39 Å². The number of fused-ring (bicyclic) bond motifs is 1. The summed E-state index contributed by atoms with van der Waals surface area (Å²) in [5, 5.41) is 12.2. The van der Waals surface area contributed by atoms with Crippen molar-refractivity contribution in [1.82, 2.24) is 15.3 Å². The van der Waals surface area contributed by atoms with Gasteiger partial charge in [-0.05, 0) is 35.1 Å². The van der Waals surface area contributed by atoms with Crippen molar-refractivity contribution < 1.29 is 28.4 Å². The molecule has 1 aromatic heterocycles. The van der Waals surface area contributed by atoms with Crippen molar-refractivity contribution in [3.05, 3.63) is 65.5 Å². The van der Waals surface area contributed by atoms with Gasteiger partial charge in [-0.1, -0.05) is 6.08 Å². The number of aliphatic hydroxyl groups is 1. The van der Waals surface area contributed by atoms with E-state index in [1.54, 1.807) is 30.4 Å². The number of aromatic nitrogens is 2. The van der Waals surface area contributed by atoms with Crippen molar-refractivity contribution in [2.75, 3.05) is 20.3 Å². The number of hydrogen-bond donors (Lipinski definition) is 2. The molecule has 4 heterocycles. The van der Waals surface area contributed by atoms with E-state index in [1.807, 2.05) is 0 Å². The fourth-order valence-corrected chi connectivity index (χ4v) is 3.85. The van der Waals surface area contributed by atoms with Crippen LogP contribution < -0.4 is 14.8 Å². The van der Waals surface area contributed by atoms with E-state index in [0.717, 1.165) is 0 Å². The van der Waals surface area contributed by atoms with Gasteiger partial charge in [0.05, 0.1) is 41.7 Å². The number of nitrogens with one attached hydrogen (secondary N) is 1. The predicted molar refractivity (Wildman–Crippen MR) is 117 cm³/mol. The summed E-state index contributed by atoms with van der Waals surface area (Å²) in [6, 6.07) is 2.20. The molecule has 166 valence electrons. The molecular weight excluding hydrogens is 427 g/mol. The molecule has 0 aliphatic carbocycles. The molecule has 11 heteroatoms. The number of rotatable bonds is 5. The largest absolute Gasteiger partial charge is 0.495 e. The number of halogens is 1. The summed E-state index contributed by atoms with van der Waals surface area (Å²) in [6.45, 7) is 1.46. The molecule has 0 amide bonds. The molecule has 3 aliphatic heterocycles. The van der Waals surface area contributed by atoms with Crippen LogP contribution in [0.3, 0.4) is 0 Å². The zero-order valence-electron chi connectivity index (χ0n) is 18.0. The van der Waals surface area contributed by atoms with Crippen LogP contribution in [0.2, 0.25) is 0 Å². The summed E-state index contributed by atoms with van der Waals surface area (Å²) >= 11 is 0. The summed E-state index contributed by atoms with van der Waals surface area (Å²) in [5.74, 6) is 1.35. The second-order valence-electron chi connectivity index (χ2n) is 8.38. The molecule has 2 atom stereocenters. The van der Waals surface area contributed by atoms with Gasteiger partial charge in [0.2, 0.25) is 0 Å². The Kier molecular flexibility index (Phi) is 4.95. The highest BCUT2D eigenvalue weighted by molar-refractivity contribution is 6.41. The fourth-order valence-electron chi connectivity index (χ4n) is 3.85. The van der Waals surface area contributed by atoms with E-state index >= 15 is 0 Å². The van der Waals surface area contributed by atoms with Crippen LogP contribution in [0.5, 0.6) is 11.5 Å². The van der Waals surface area contributed by atoms with Gasteiger partial charge in [0.15, 0.2) is 22.9 Å². The average Bonchev–Trinajstić information content (AvgIpc) is 3.10. The summed E-state index contributed by atoms with van der Waals surface area (Å²) in [4.78, 5) is 8.48. The molecule has 8 nitrogen and oxygen atoms in total. The summed E-state index contributed by atoms with van der Waals surface area (Å²) in [7, 11) is 14.6. The maximum absolute atomic E-state index is 14.1. The van der Waals surface area contributed by atoms with Gasteiger partial charge in [0.25, 0.3) is 0 Å². The monoisotopic (exact) mass is 447 g/mol. The Morgan fingerprint density at radius 3 is 2.55 bits per heavy atom. The molecule has 1 fully saturated rings. The van der Waals surface area contributed by atoms with Crippen LogP contribution in [0, 0.1) is 0 Å². The zero-order valence-corrected chi connectivity index (χ0v) is 18.0. The summed E-state index contributed by atoms with van der Waals surface area (Å²) < 4.78 is 35.0. The fraction of sp³-hybridized carbons (Fsp3) is 0.364. The Morgan fingerprint density at radius 2 is 1.91 bits per heavy atom. The maximum atomic E-state index is 14.1. The SMILES string of the molecule is [B]C([B])(c1cnc(C2(O)COC2)nc1)C1C=CC(OC)=C(c2ccc3c(c2)OC(C)(F)O3)N1. The van der Waals surface area contributed by atoms with Crippen molar-refractivity contribution in [3.63, 3.8) is 0 Å². The van der Waals surface area contributed by atoms with Crippen molar-refractivity contribution in [2.45, 2.75) is 29.8 Å². The first-order valence-corrected chi connectivity index (χ1v) is 10.3. The minimum atomic E-state index is -2.23. The number of alkyl halides is 1. The van der Waals surface area contributed by atoms with Crippen LogP contribution in [0.25, 0.3) is 5.70 Å². The van der Waals surface area contributed by atoms with Crippen molar-refractivity contribution in [1.29, 1.82) is 0 Å². The Labute approximate surface area is 192 Å². The van der Waals surface area contributed by atoms with Crippen LogP contribution in [-0.2, 0) is 20.3 Å². The zero-order chi connectivity index (χ0) is 23.4. The lowest BCUT2D eigenvalue weighted by Crippen LogP contribution is -2.50. The first kappa shape index (κ1) is 21.8. The molecule has 0 saturated carbocycles. The van der Waals surface area contributed by atoms with Gasteiger partial charge in [-0.3, -0.25) is 0 Å². The molecule has 5 rings (SSSR count). The molecule has 2 unspecified atom stereocenters. The summed E-state index contributed by atoms with van der Waals surface area (Å²) in [5.41, 5.74) is 0.515. The van der Waals surface area contributed by atoms with Crippen molar-refractivity contribution in [2.24, 2.45) is 0 Å². The van der Waals surface area contributed by atoms with Gasteiger partial charge in [-0.2, -0.15) is 4.39 Å². The van der Waals surface area contributed by atoms with Gasteiger partial charge in [0.1, 0.15) is 5.76 Å². The molecule has 0 bridgehead atoms. The molecule has 1 aromatic carbocycles. The minimum Gasteiger partial charge on any atom is -0.495 e. The second-order valence-corrected chi connectivity index (χ2v) is 8.38.